The predicted octanol–water partition coefficient (Wildman–Crippen LogP) is 4.73. The lowest BCUT2D eigenvalue weighted by Crippen LogP contribution is -2.53. The number of rotatable bonds is 5. The first-order valence-electron chi connectivity index (χ1n) is 12.3. The zero-order chi connectivity index (χ0) is 26.2. The highest BCUT2D eigenvalue weighted by molar-refractivity contribution is 7.98. The molecule has 7 nitrogen and oxygen atoms in total. The van der Waals surface area contributed by atoms with E-state index in [1.54, 1.807) is 17.3 Å². The second kappa shape index (κ2) is 10.2. The molecule has 3 aromatic rings. The van der Waals surface area contributed by atoms with Crippen LogP contribution in [0.5, 0.6) is 0 Å². The summed E-state index contributed by atoms with van der Waals surface area (Å²) in [4.78, 5) is 21.3. The molecule has 0 N–H and O–H groups in total. The Hall–Kier alpha value is -2.73. The number of hydrogen-bond acceptors (Lipinski definition) is 6. The largest absolute Gasteiger partial charge is 0.416 e. The number of nitrogens with zero attached hydrogens (tertiary/aromatic N) is 6. The van der Waals surface area contributed by atoms with Gasteiger partial charge >= 0.3 is 6.18 Å². The fourth-order valence-corrected chi connectivity index (χ4v) is 5.94. The summed E-state index contributed by atoms with van der Waals surface area (Å²) in [5.41, 5.74) is -0.661. The maximum Gasteiger partial charge on any atom is 0.416 e. The molecule has 2 aliphatic rings. The van der Waals surface area contributed by atoms with Crippen LogP contribution in [0, 0.1) is 0 Å². The molecule has 0 aliphatic carbocycles. The normalized spacial score (nSPS) is 19.4. The molecule has 37 heavy (non-hydrogen) atoms. The van der Waals surface area contributed by atoms with Crippen LogP contribution in [0.15, 0.2) is 41.8 Å². The first-order valence-corrected chi connectivity index (χ1v) is 13.5. The lowest BCUT2D eigenvalue weighted by Gasteiger charge is -2.40. The molecule has 0 radical (unpaired) electrons. The standard InChI is InChI=1S/C25H28F4N6OS/c1-37-23-32-20-14-18(25(27,28)29)2-3-21(20)35(23)19-5-10-34(11-6-19)22(36)24(26)7-12-33(13-8-24)16-17-4-9-30-31-15-17/h2-4,9,14-15,19H,5-8,10-13,16H2,1H3. The number of carbonyl (C=O) groups is 1. The molecular weight excluding hydrogens is 508 g/mol. The highest BCUT2D eigenvalue weighted by atomic mass is 32.2. The van der Waals surface area contributed by atoms with Gasteiger partial charge in [-0.15, -0.1) is 0 Å². The van der Waals surface area contributed by atoms with Crippen molar-refractivity contribution in [2.45, 2.75) is 55.3 Å². The number of benzene rings is 1. The quantitative estimate of drug-likeness (QED) is 0.347. The van der Waals surface area contributed by atoms with Crippen molar-refractivity contribution in [2.24, 2.45) is 0 Å². The smallest absolute Gasteiger partial charge is 0.340 e. The number of thioether (sulfide) groups is 1. The van der Waals surface area contributed by atoms with Crippen LogP contribution in [0.25, 0.3) is 11.0 Å². The molecule has 5 rings (SSSR count). The van der Waals surface area contributed by atoms with Gasteiger partial charge in [0, 0.05) is 57.8 Å². The number of hydrogen-bond donors (Lipinski definition) is 0. The van der Waals surface area contributed by atoms with Gasteiger partial charge in [0.2, 0.25) is 0 Å². The van der Waals surface area contributed by atoms with Gasteiger partial charge < -0.3 is 9.47 Å². The molecule has 0 saturated carbocycles. The van der Waals surface area contributed by atoms with Crippen molar-refractivity contribution in [3.63, 3.8) is 0 Å². The van der Waals surface area contributed by atoms with Crippen molar-refractivity contribution in [3.8, 4) is 0 Å². The second-order valence-corrected chi connectivity index (χ2v) is 10.5. The Balaban J connectivity index is 1.22. The van der Waals surface area contributed by atoms with Gasteiger partial charge in [0.25, 0.3) is 5.91 Å². The molecule has 0 spiro atoms. The molecular formula is C25H28F4N6OS. The van der Waals surface area contributed by atoms with Crippen LogP contribution in [0.3, 0.4) is 0 Å². The van der Waals surface area contributed by atoms with Crippen LogP contribution in [0.1, 0.15) is 42.9 Å². The molecule has 1 amide bonds. The van der Waals surface area contributed by atoms with Gasteiger partial charge in [-0.25, -0.2) is 9.37 Å². The molecule has 2 saturated heterocycles. The molecule has 0 unspecified atom stereocenters. The zero-order valence-corrected chi connectivity index (χ0v) is 21.2. The third-order valence-corrected chi connectivity index (χ3v) is 8.02. The van der Waals surface area contributed by atoms with E-state index in [2.05, 4.69) is 20.1 Å². The molecule has 1 aromatic carbocycles. The van der Waals surface area contributed by atoms with E-state index in [0.717, 1.165) is 17.7 Å². The lowest BCUT2D eigenvalue weighted by molar-refractivity contribution is -0.149. The summed E-state index contributed by atoms with van der Waals surface area (Å²) in [7, 11) is 0. The minimum Gasteiger partial charge on any atom is -0.340 e. The molecule has 0 atom stereocenters. The Morgan fingerprint density at radius 2 is 1.84 bits per heavy atom. The van der Waals surface area contributed by atoms with Crippen molar-refractivity contribution in [1.82, 2.24) is 29.5 Å². The van der Waals surface area contributed by atoms with Gasteiger partial charge in [-0.05, 0) is 48.9 Å². The van der Waals surface area contributed by atoms with E-state index in [1.807, 2.05) is 16.9 Å². The van der Waals surface area contributed by atoms with Crippen molar-refractivity contribution >= 4 is 28.7 Å². The highest BCUT2D eigenvalue weighted by Gasteiger charge is 2.45. The summed E-state index contributed by atoms with van der Waals surface area (Å²) in [6.45, 7) is 2.41. The van der Waals surface area contributed by atoms with E-state index in [-0.39, 0.29) is 18.9 Å². The van der Waals surface area contributed by atoms with Gasteiger partial charge in [-0.1, -0.05) is 11.8 Å². The maximum absolute atomic E-state index is 15.7. The highest BCUT2D eigenvalue weighted by Crippen LogP contribution is 2.37. The second-order valence-electron chi connectivity index (χ2n) is 9.69. The predicted molar refractivity (Wildman–Crippen MR) is 132 cm³/mol. The monoisotopic (exact) mass is 536 g/mol. The van der Waals surface area contributed by atoms with Crippen LogP contribution in [0.2, 0.25) is 0 Å². The number of likely N-dealkylation sites (tertiary alicyclic amines) is 2. The number of piperidine rings is 2. The van der Waals surface area contributed by atoms with Crippen LogP contribution in [0.4, 0.5) is 17.6 Å². The van der Waals surface area contributed by atoms with E-state index in [4.69, 9.17) is 0 Å². The van der Waals surface area contributed by atoms with Crippen LogP contribution in [-0.2, 0) is 17.5 Å². The summed E-state index contributed by atoms with van der Waals surface area (Å²) in [5, 5.41) is 8.28. The van der Waals surface area contributed by atoms with Crippen molar-refractivity contribution in [2.75, 3.05) is 32.4 Å². The fraction of sp³-hybridized carbons (Fsp3) is 0.520. The minimum absolute atomic E-state index is 0.0281. The summed E-state index contributed by atoms with van der Waals surface area (Å²) in [6.07, 6.45) is 2.19. The summed E-state index contributed by atoms with van der Waals surface area (Å²) in [6, 6.07) is 5.47. The van der Waals surface area contributed by atoms with Gasteiger partial charge in [-0.3, -0.25) is 9.69 Å². The number of alkyl halides is 4. The van der Waals surface area contributed by atoms with E-state index < -0.39 is 23.3 Å². The van der Waals surface area contributed by atoms with Crippen molar-refractivity contribution < 1.29 is 22.4 Å². The topological polar surface area (TPSA) is 67.2 Å². The van der Waals surface area contributed by atoms with E-state index >= 15 is 4.39 Å². The fourth-order valence-electron chi connectivity index (χ4n) is 5.31. The Morgan fingerprint density at radius 1 is 1.11 bits per heavy atom. The molecule has 2 aliphatic heterocycles. The molecule has 198 valence electrons. The van der Waals surface area contributed by atoms with E-state index in [0.29, 0.717) is 61.8 Å². The number of fused-ring (bicyclic) bond motifs is 1. The van der Waals surface area contributed by atoms with Gasteiger partial charge in [0.05, 0.1) is 22.8 Å². The molecule has 0 bridgehead atoms. The van der Waals surface area contributed by atoms with Gasteiger partial charge in [-0.2, -0.15) is 23.4 Å². The Morgan fingerprint density at radius 3 is 2.46 bits per heavy atom. The van der Waals surface area contributed by atoms with Gasteiger partial charge in [0.1, 0.15) is 0 Å². The molecule has 12 heteroatoms. The Bertz CT molecular complexity index is 1250. The third kappa shape index (κ3) is 5.31. The Kier molecular flexibility index (Phi) is 7.14. The van der Waals surface area contributed by atoms with Crippen LogP contribution in [-0.4, -0.2) is 73.6 Å². The van der Waals surface area contributed by atoms with Crippen molar-refractivity contribution in [3.05, 3.63) is 47.8 Å². The molecule has 4 heterocycles. The summed E-state index contributed by atoms with van der Waals surface area (Å²) >= 11 is 1.38. The first-order chi connectivity index (χ1) is 17.7. The number of aromatic nitrogens is 4. The number of amides is 1. The number of imidazole rings is 1. The average molecular weight is 537 g/mol. The van der Waals surface area contributed by atoms with E-state index in [1.165, 1.54) is 17.8 Å². The number of carbonyl (C=O) groups excluding carboxylic acids is 1. The number of halogens is 4. The van der Waals surface area contributed by atoms with Gasteiger partial charge in [0.15, 0.2) is 10.8 Å². The summed E-state index contributed by atoms with van der Waals surface area (Å²) < 4.78 is 57.2. The Labute approximate surface area is 216 Å². The van der Waals surface area contributed by atoms with Crippen LogP contribution < -0.4 is 0 Å². The minimum atomic E-state index is -4.43. The molecule has 2 fully saturated rings. The van der Waals surface area contributed by atoms with Crippen molar-refractivity contribution in [1.29, 1.82) is 0 Å². The molecule has 2 aromatic heterocycles. The van der Waals surface area contributed by atoms with E-state index in [9.17, 15) is 18.0 Å². The lowest BCUT2D eigenvalue weighted by atomic mass is 9.90. The first kappa shape index (κ1) is 25.9. The zero-order valence-electron chi connectivity index (χ0n) is 20.4. The maximum atomic E-state index is 15.7. The third-order valence-electron chi connectivity index (χ3n) is 7.37. The summed E-state index contributed by atoms with van der Waals surface area (Å²) in [5.74, 6) is -0.452. The average Bonchev–Trinajstić information content (AvgIpc) is 3.28. The SMILES string of the molecule is CSc1nc2cc(C(F)(F)F)ccc2n1C1CCN(C(=O)C2(F)CCN(Cc3ccnnc3)CC2)CC1. The van der Waals surface area contributed by atoms with Crippen LogP contribution >= 0.6 is 11.8 Å².